The Morgan fingerprint density at radius 1 is 0.868 bits per heavy atom. The van der Waals surface area contributed by atoms with Gasteiger partial charge in [-0.3, -0.25) is 9.59 Å². The summed E-state index contributed by atoms with van der Waals surface area (Å²) in [4.78, 5) is 23.7. The van der Waals surface area contributed by atoms with Crippen LogP contribution in [-0.4, -0.2) is 72.6 Å². The lowest BCUT2D eigenvalue weighted by atomic mass is 10.1. The minimum atomic E-state index is -0.345. The van der Waals surface area contributed by atoms with Crippen molar-refractivity contribution in [1.29, 1.82) is 0 Å². The van der Waals surface area contributed by atoms with Crippen LogP contribution in [0, 0.1) is 0 Å². The number of benzene rings is 2. The fourth-order valence-electron chi connectivity index (χ4n) is 3.55. The number of ether oxygens (including phenoxy) is 5. The van der Waals surface area contributed by atoms with Crippen LogP contribution in [-0.2, 0) is 4.79 Å². The van der Waals surface area contributed by atoms with Crippen molar-refractivity contribution in [2.45, 2.75) is 6.92 Å². The first-order chi connectivity index (χ1) is 18.4. The van der Waals surface area contributed by atoms with E-state index in [4.69, 9.17) is 23.7 Å². The van der Waals surface area contributed by atoms with Crippen LogP contribution in [0.2, 0.25) is 0 Å². The molecule has 12 heteroatoms. The molecule has 1 amide bonds. The summed E-state index contributed by atoms with van der Waals surface area (Å²) < 4.78 is 28.8. The number of nitrogens with one attached hydrogen (secondary N) is 1. The van der Waals surface area contributed by atoms with Crippen molar-refractivity contribution >= 4 is 17.3 Å². The summed E-state index contributed by atoms with van der Waals surface area (Å²) in [6.07, 6.45) is 0. The number of carbonyl (C=O) groups excluding carboxylic acids is 2. The van der Waals surface area contributed by atoms with E-state index in [1.165, 1.54) is 14.0 Å². The number of rotatable bonds is 12. The second-order valence-corrected chi connectivity index (χ2v) is 7.94. The lowest BCUT2D eigenvalue weighted by Gasteiger charge is -2.12. The fraction of sp³-hybridized carbons (Fsp3) is 0.269. The van der Waals surface area contributed by atoms with Crippen LogP contribution in [0.3, 0.4) is 0 Å². The lowest BCUT2D eigenvalue weighted by Crippen LogP contribution is -2.32. The van der Waals surface area contributed by atoms with Crippen molar-refractivity contribution in [2.75, 3.05) is 41.1 Å². The normalized spacial score (nSPS) is 10.6. The predicted octanol–water partition coefficient (Wildman–Crippen LogP) is 2.59. The van der Waals surface area contributed by atoms with E-state index in [9.17, 15) is 9.59 Å². The average molecular weight is 522 g/mol. The highest BCUT2D eigenvalue weighted by atomic mass is 16.5. The second kappa shape index (κ2) is 11.9. The maximum atomic E-state index is 12.2. The summed E-state index contributed by atoms with van der Waals surface area (Å²) >= 11 is 0. The molecule has 0 fully saturated rings. The van der Waals surface area contributed by atoms with Crippen LogP contribution in [0.25, 0.3) is 17.0 Å². The van der Waals surface area contributed by atoms with Gasteiger partial charge in [-0.05, 0) is 43.3 Å². The van der Waals surface area contributed by atoms with E-state index in [0.29, 0.717) is 51.5 Å². The number of ketones is 1. The zero-order valence-electron chi connectivity index (χ0n) is 21.4. The van der Waals surface area contributed by atoms with Gasteiger partial charge in [0.05, 0.1) is 33.4 Å². The summed E-state index contributed by atoms with van der Waals surface area (Å²) in [6, 6.07) is 13.5. The van der Waals surface area contributed by atoms with E-state index in [1.807, 2.05) is 6.07 Å². The molecule has 2 aromatic carbocycles. The van der Waals surface area contributed by atoms with Gasteiger partial charge in [0.15, 0.2) is 35.4 Å². The average Bonchev–Trinajstić information content (AvgIpc) is 3.36. The zero-order valence-corrected chi connectivity index (χ0v) is 21.4. The minimum Gasteiger partial charge on any atom is -0.497 e. The third kappa shape index (κ3) is 5.91. The Balaban J connectivity index is 1.33. The van der Waals surface area contributed by atoms with Crippen molar-refractivity contribution in [2.24, 2.45) is 0 Å². The van der Waals surface area contributed by atoms with E-state index >= 15 is 0 Å². The molecule has 0 aliphatic rings. The number of carbonyl (C=O) groups is 2. The van der Waals surface area contributed by atoms with Gasteiger partial charge in [-0.2, -0.15) is 4.52 Å². The van der Waals surface area contributed by atoms with E-state index in [0.717, 1.165) is 0 Å². The quantitative estimate of drug-likeness (QED) is 0.219. The summed E-state index contributed by atoms with van der Waals surface area (Å²) in [5, 5.41) is 15.6. The Morgan fingerprint density at radius 2 is 1.68 bits per heavy atom. The highest BCUT2D eigenvalue weighted by Crippen LogP contribution is 2.32. The Hall–Kier alpha value is -4.87. The molecule has 0 unspecified atom stereocenters. The first-order valence-electron chi connectivity index (χ1n) is 11.6. The minimum absolute atomic E-state index is 0.0952. The van der Waals surface area contributed by atoms with Gasteiger partial charge in [-0.25, -0.2) is 0 Å². The third-order valence-electron chi connectivity index (χ3n) is 5.49. The Bertz CT molecular complexity index is 1450. The SMILES string of the molecule is COc1ccc(-c2nnc3ccc(OCCNC(=O)COc4ccc(C(C)=O)cc4OC)nn23)c(OC)c1. The number of methoxy groups -OCH3 is 3. The largest absolute Gasteiger partial charge is 0.497 e. The molecule has 198 valence electrons. The number of aromatic nitrogens is 4. The van der Waals surface area contributed by atoms with Crippen molar-refractivity contribution in [1.82, 2.24) is 25.1 Å². The van der Waals surface area contributed by atoms with Crippen LogP contribution >= 0.6 is 0 Å². The van der Waals surface area contributed by atoms with E-state index < -0.39 is 0 Å². The number of amides is 1. The van der Waals surface area contributed by atoms with Crippen molar-refractivity contribution in [3.63, 3.8) is 0 Å². The summed E-state index contributed by atoms with van der Waals surface area (Å²) in [5.74, 6) is 2.30. The van der Waals surface area contributed by atoms with E-state index in [-0.39, 0.29) is 31.4 Å². The van der Waals surface area contributed by atoms with Gasteiger partial charge in [0.25, 0.3) is 5.91 Å². The molecule has 0 aliphatic heterocycles. The van der Waals surface area contributed by atoms with Gasteiger partial charge in [0, 0.05) is 17.7 Å². The summed E-state index contributed by atoms with van der Waals surface area (Å²) in [7, 11) is 4.60. The molecule has 2 heterocycles. The Kier molecular flexibility index (Phi) is 8.21. The number of fused-ring (bicyclic) bond motifs is 1. The fourth-order valence-corrected chi connectivity index (χ4v) is 3.55. The number of hydrogen-bond acceptors (Lipinski definition) is 10. The van der Waals surface area contributed by atoms with Gasteiger partial charge >= 0.3 is 0 Å². The van der Waals surface area contributed by atoms with Gasteiger partial charge in [0.2, 0.25) is 5.88 Å². The van der Waals surface area contributed by atoms with Crippen LogP contribution in [0.1, 0.15) is 17.3 Å². The third-order valence-corrected chi connectivity index (χ3v) is 5.49. The number of hydrogen-bond donors (Lipinski definition) is 1. The van der Waals surface area contributed by atoms with Gasteiger partial charge in [0.1, 0.15) is 18.1 Å². The topological polar surface area (TPSA) is 135 Å². The maximum absolute atomic E-state index is 12.2. The molecule has 12 nitrogen and oxygen atoms in total. The first kappa shape index (κ1) is 26.2. The molecule has 0 saturated heterocycles. The van der Waals surface area contributed by atoms with Gasteiger partial charge < -0.3 is 29.0 Å². The van der Waals surface area contributed by atoms with Gasteiger partial charge in [-0.1, -0.05) is 0 Å². The molecule has 1 N–H and O–H groups in total. The lowest BCUT2D eigenvalue weighted by molar-refractivity contribution is -0.123. The molecule has 2 aromatic heterocycles. The molecule has 0 saturated carbocycles. The van der Waals surface area contributed by atoms with Crippen molar-refractivity contribution in [3.8, 4) is 40.3 Å². The van der Waals surface area contributed by atoms with E-state index in [1.54, 1.807) is 61.2 Å². The van der Waals surface area contributed by atoms with Crippen LogP contribution in [0.4, 0.5) is 0 Å². The monoisotopic (exact) mass is 521 g/mol. The predicted molar refractivity (Wildman–Crippen MR) is 136 cm³/mol. The molecule has 0 atom stereocenters. The van der Waals surface area contributed by atoms with Crippen LogP contribution in [0.5, 0.6) is 28.9 Å². The highest BCUT2D eigenvalue weighted by molar-refractivity contribution is 5.94. The molecule has 0 radical (unpaired) electrons. The summed E-state index contributed by atoms with van der Waals surface area (Å²) in [5.41, 5.74) is 1.71. The molecule has 0 bridgehead atoms. The van der Waals surface area contributed by atoms with Crippen molar-refractivity contribution in [3.05, 3.63) is 54.1 Å². The number of nitrogens with zero attached hydrogens (tertiary/aromatic N) is 4. The molecular formula is C26H27N5O7. The van der Waals surface area contributed by atoms with Gasteiger partial charge in [-0.15, -0.1) is 15.3 Å². The Morgan fingerprint density at radius 3 is 2.42 bits per heavy atom. The van der Waals surface area contributed by atoms with E-state index in [2.05, 4.69) is 20.6 Å². The smallest absolute Gasteiger partial charge is 0.258 e. The molecule has 4 aromatic rings. The highest BCUT2D eigenvalue weighted by Gasteiger charge is 2.16. The summed E-state index contributed by atoms with van der Waals surface area (Å²) in [6.45, 7) is 1.63. The molecular weight excluding hydrogens is 494 g/mol. The molecule has 38 heavy (non-hydrogen) atoms. The molecule has 0 aliphatic carbocycles. The molecule has 0 spiro atoms. The molecule has 4 rings (SSSR count). The number of Topliss-reactive ketones (excluding diaryl/α,β-unsaturated/α-hetero) is 1. The van der Waals surface area contributed by atoms with Crippen LogP contribution < -0.4 is 29.0 Å². The second-order valence-electron chi connectivity index (χ2n) is 7.94. The maximum Gasteiger partial charge on any atom is 0.258 e. The first-order valence-corrected chi connectivity index (χ1v) is 11.6. The zero-order chi connectivity index (χ0) is 27.1. The van der Waals surface area contributed by atoms with Crippen LogP contribution in [0.15, 0.2) is 48.5 Å². The standard InChI is InChI=1S/C26H27N5O7/c1-16(32)17-5-8-20(22(13-17)36-4)38-15-24(33)27-11-12-37-25-10-9-23-28-29-26(31(23)30-25)19-7-6-18(34-2)14-21(19)35-3/h5-10,13-14H,11-12,15H2,1-4H3,(H,27,33). The van der Waals surface area contributed by atoms with Crippen molar-refractivity contribution < 1.29 is 33.3 Å². The Labute approximate surface area is 218 Å².